The van der Waals surface area contributed by atoms with Crippen molar-refractivity contribution in [1.29, 1.82) is 0 Å². The molecule has 0 spiro atoms. The molecule has 1 rings (SSSR count). The van der Waals surface area contributed by atoms with Crippen LogP contribution in [-0.4, -0.2) is 29.1 Å². The number of carboxylic acids is 1. The summed E-state index contributed by atoms with van der Waals surface area (Å²) in [7, 11) is 0. The van der Waals surface area contributed by atoms with Gasteiger partial charge in [-0.2, -0.15) is 0 Å². The summed E-state index contributed by atoms with van der Waals surface area (Å²) in [5, 5.41) is 11.2. The van der Waals surface area contributed by atoms with Crippen molar-refractivity contribution < 1.29 is 14.7 Å². The maximum absolute atomic E-state index is 11.7. The molecule has 0 heterocycles. The second kappa shape index (κ2) is 7.53. The Morgan fingerprint density at radius 1 is 1.32 bits per heavy atom. The topological polar surface area (TPSA) is 92.4 Å². The Kier molecular flexibility index (Phi) is 6.02. The van der Waals surface area contributed by atoms with Crippen LogP contribution in [0.5, 0.6) is 0 Å². The number of hydrogen-bond donors (Lipinski definition) is 3. The van der Waals surface area contributed by atoms with Crippen LogP contribution in [0.1, 0.15) is 25.3 Å². The van der Waals surface area contributed by atoms with Gasteiger partial charge in [0, 0.05) is 6.04 Å². The van der Waals surface area contributed by atoms with Crippen LogP contribution in [0.25, 0.3) is 0 Å². The summed E-state index contributed by atoms with van der Waals surface area (Å²) in [6.07, 6.45) is 1.16. The van der Waals surface area contributed by atoms with Crippen molar-refractivity contribution in [3.8, 4) is 0 Å². The highest BCUT2D eigenvalue weighted by Gasteiger charge is 2.17. The van der Waals surface area contributed by atoms with Crippen molar-refractivity contribution in [3.63, 3.8) is 0 Å². The first-order chi connectivity index (χ1) is 8.99. The van der Waals surface area contributed by atoms with E-state index in [-0.39, 0.29) is 12.3 Å². The molecule has 0 bridgehead atoms. The number of aliphatic carboxylic acids is 1. The molecule has 0 fully saturated rings. The number of carbonyl (C=O) groups excluding carboxylic acids is 1. The van der Waals surface area contributed by atoms with Gasteiger partial charge >= 0.3 is 5.97 Å². The largest absolute Gasteiger partial charge is 0.481 e. The van der Waals surface area contributed by atoms with E-state index in [1.54, 1.807) is 6.92 Å². The highest BCUT2D eigenvalue weighted by atomic mass is 16.4. The van der Waals surface area contributed by atoms with Crippen LogP contribution in [0, 0.1) is 0 Å². The molecule has 5 nitrogen and oxygen atoms in total. The minimum Gasteiger partial charge on any atom is -0.481 e. The average molecular weight is 264 g/mol. The van der Waals surface area contributed by atoms with Crippen LogP contribution < -0.4 is 11.1 Å². The summed E-state index contributed by atoms with van der Waals surface area (Å²) in [6.45, 7) is 1.65. The number of nitrogens with one attached hydrogen (secondary N) is 1. The molecule has 0 aliphatic rings. The van der Waals surface area contributed by atoms with Crippen molar-refractivity contribution in [2.24, 2.45) is 5.73 Å². The highest BCUT2D eigenvalue weighted by molar-refractivity contribution is 5.82. The Hall–Kier alpha value is -1.88. The van der Waals surface area contributed by atoms with E-state index in [9.17, 15) is 9.59 Å². The Morgan fingerprint density at radius 3 is 2.53 bits per heavy atom. The molecule has 1 amide bonds. The second-order valence-corrected chi connectivity index (χ2v) is 4.64. The van der Waals surface area contributed by atoms with Crippen molar-refractivity contribution in [1.82, 2.24) is 5.32 Å². The van der Waals surface area contributed by atoms with Gasteiger partial charge in [-0.3, -0.25) is 9.59 Å². The fraction of sp³-hybridized carbons (Fsp3) is 0.429. The van der Waals surface area contributed by atoms with E-state index in [4.69, 9.17) is 10.8 Å². The molecular weight excluding hydrogens is 244 g/mol. The summed E-state index contributed by atoms with van der Waals surface area (Å²) in [4.78, 5) is 22.2. The molecule has 2 atom stereocenters. The molecule has 0 aliphatic carbocycles. The van der Waals surface area contributed by atoms with Gasteiger partial charge in [0.2, 0.25) is 5.91 Å². The van der Waals surface area contributed by atoms with E-state index < -0.39 is 18.1 Å². The number of aryl methyl sites for hydroxylation is 1. The number of rotatable bonds is 7. The Labute approximate surface area is 112 Å². The smallest absolute Gasteiger partial charge is 0.305 e. The van der Waals surface area contributed by atoms with Gasteiger partial charge in [-0.1, -0.05) is 30.3 Å². The monoisotopic (exact) mass is 264 g/mol. The van der Waals surface area contributed by atoms with Gasteiger partial charge in [-0.05, 0) is 25.3 Å². The van der Waals surface area contributed by atoms with Crippen LogP contribution in [0.4, 0.5) is 0 Å². The highest BCUT2D eigenvalue weighted by Crippen LogP contribution is 2.04. The van der Waals surface area contributed by atoms with Gasteiger partial charge in [0.05, 0.1) is 12.5 Å². The molecule has 1 unspecified atom stereocenters. The van der Waals surface area contributed by atoms with Gasteiger partial charge < -0.3 is 16.2 Å². The number of amides is 1. The zero-order valence-corrected chi connectivity index (χ0v) is 11.0. The molecular formula is C14H20N2O3. The first kappa shape index (κ1) is 15.2. The average Bonchev–Trinajstić information content (AvgIpc) is 2.36. The normalized spacial score (nSPS) is 13.6. The lowest BCUT2D eigenvalue weighted by Crippen LogP contribution is -2.45. The van der Waals surface area contributed by atoms with E-state index in [0.717, 1.165) is 12.0 Å². The van der Waals surface area contributed by atoms with E-state index in [1.165, 1.54) is 0 Å². The van der Waals surface area contributed by atoms with Gasteiger partial charge in [-0.25, -0.2) is 0 Å². The molecule has 1 aromatic rings. The number of hydrogen-bond acceptors (Lipinski definition) is 3. The van der Waals surface area contributed by atoms with E-state index in [2.05, 4.69) is 5.32 Å². The maximum Gasteiger partial charge on any atom is 0.305 e. The Morgan fingerprint density at radius 2 is 1.95 bits per heavy atom. The fourth-order valence-electron chi connectivity index (χ4n) is 1.76. The summed E-state index contributed by atoms with van der Waals surface area (Å²) < 4.78 is 0. The second-order valence-electron chi connectivity index (χ2n) is 4.64. The molecule has 104 valence electrons. The molecule has 0 radical (unpaired) electrons. The van der Waals surface area contributed by atoms with Gasteiger partial charge in [-0.15, -0.1) is 0 Å². The summed E-state index contributed by atoms with van der Waals surface area (Å²) in [5.74, 6) is -1.24. The van der Waals surface area contributed by atoms with Crippen molar-refractivity contribution in [2.75, 3.05) is 0 Å². The Bertz CT molecular complexity index is 420. The number of nitrogens with two attached hydrogens (primary N) is 1. The Balaban J connectivity index is 2.34. The third-order valence-electron chi connectivity index (χ3n) is 2.79. The molecule has 1 aromatic carbocycles. The quantitative estimate of drug-likeness (QED) is 0.683. The zero-order chi connectivity index (χ0) is 14.3. The van der Waals surface area contributed by atoms with E-state index in [1.807, 2.05) is 30.3 Å². The number of carbonyl (C=O) groups is 2. The molecule has 5 heteroatoms. The van der Waals surface area contributed by atoms with E-state index >= 15 is 0 Å². The summed E-state index contributed by atoms with van der Waals surface area (Å²) in [6, 6.07) is 8.76. The number of benzene rings is 1. The maximum atomic E-state index is 11.7. The van der Waals surface area contributed by atoms with Crippen molar-refractivity contribution >= 4 is 11.9 Å². The molecule has 19 heavy (non-hydrogen) atoms. The molecule has 0 aromatic heterocycles. The fourth-order valence-corrected chi connectivity index (χ4v) is 1.76. The number of carboxylic acid groups (broad SMARTS) is 1. The summed E-state index contributed by atoms with van der Waals surface area (Å²) >= 11 is 0. The first-order valence-electron chi connectivity index (χ1n) is 6.30. The third-order valence-corrected chi connectivity index (χ3v) is 2.79. The van der Waals surface area contributed by atoms with Crippen LogP contribution >= 0.6 is 0 Å². The lowest BCUT2D eigenvalue weighted by Gasteiger charge is -2.16. The van der Waals surface area contributed by atoms with Gasteiger partial charge in [0.15, 0.2) is 0 Å². The van der Waals surface area contributed by atoms with Gasteiger partial charge in [0.25, 0.3) is 0 Å². The van der Waals surface area contributed by atoms with Gasteiger partial charge in [0.1, 0.15) is 0 Å². The SMILES string of the molecule is CC(CC(=O)O)NC(=O)[C@@H](N)CCc1ccccc1. The molecule has 0 aliphatic heterocycles. The van der Waals surface area contributed by atoms with Crippen LogP contribution in [0.15, 0.2) is 30.3 Å². The van der Waals surface area contributed by atoms with Crippen molar-refractivity contribution in [2.45, 2.75) is 38.3 Å². The van der Waals surface area contributed by atoms with E-state index in [0.29, 0.717) is 6.42 Å². The molecule has 4 N–H and O–H groups in total. The minimum absolute atomic E-state index is 0.100. The summed E-state index contributed by atoms with van der Waals surface area (Å²) in [5.41, 5.74) is 6.91. The molecule has 0 saturated carbocycles. The predicted molar refractivity (Wildman–Crippen MR) is 72.6 cm³/mol. The third kappa shape index (κ3) is 6.01. The molecule has 0 saturated heterocycles. The zero-order valence-electron chi connectivity index (χ0n) is 11.0. The standard InChI is InChI=1S/C14H20N2O3/c1-10(9-13(17)18)16-14(19)12(15)8-7-11-5-3-2-4-6-11/h2-6,10,12H,7-9,15H2,1H3,(H,16,19)(H,17,18)/t10?,12-/m0/s1. The predicted octanol–water partition coefficient (Wildman–Crippen LogP) is 0.926. The van der Waals surface area contributed by atoms with Crippen LogP contribution in [-0.2, 0) is 16.0 Å². The first-order valence-corrected chi connectivity index (χ1v) is 6.30. The lowest BCUT2D eigenvalue weighted by atomic mass is 10.0. The van der Waals surface area contributed by atoms with Crippen LogP contribution in [0.2, 0.25) is 0 Å². The van der Waals surface area contributed by atoms with Crippen molar-refractivity contribution in [3.05, 3.63) is 35.9 Å². The lowest BCUT2D eigenvalue weighted by molar-refractivity contribution is -0.137. The minimum atomic E-state index is -0.939. The van der Waals surface area contributed by atoms with Crippen LogP contribution in [0.3, 0.4) is 0 Å².